The van der Waals surface area contributed by atoms with Crippen LogP contribution in [0.2, 0.25) is 5.02 Å². The molecule has 0 spiro atoms. The topological polar surface area (TPSA) is 52.9 Å². The van der Waals surface area contributed by atoms with Gasteiger partial charge in [0.05, 0.1) is 12.6 Å². The fourth-order valence-corrected chi connectivity index (χ4v) is 1.79. The summed E-state index contributed by atoms with van der Waals surface area (Å²) in [5.41, 5.74) is 0.705. The molecule has 0 radical (unpaired) electrons. The van der Waals surface area contributed by atoms with Crippen LogP contribution in [0, 0.1) is 17.2 Å². The van der Waals surface area contributed by atoms with E-state index in [0.29, 0.717) is 29.5 Å². The second kappa shape index (κ2) is 7.86. The molecule has 96 valence electrons. The quantitative estimate of drug-likeness (QED) is 0.468. The van der Waals surface area contributed by atoms with Gasteiger partial charge in [-0.15, -0.1) is 0 Å². The molecule has 0 fully saturated rings. The zero-order chi connectivity index (χ0) is 13.4. The Morgan fingerprint density at radius 1 is 1.44 bits per heavy atom. The SMILES string of the molecule is CC(CCNCC#N)CC(=O)c1ccc(Cl)cc1. The van der Waals surface area contributed by atoms with Crippen molar-refractivity contribution in [2.24, 2.45) is 5.92 Å². The molecule has 0 aliphatic heterocycles. The predicted octanol–water partition coefficient (Wildman–Crippen LogP) is 3.05. The van der Waals surface area contributed by atoms with Crippen molar-refractivity contribution in [2.45, 2.75) is 19.8 Å². The van der Waals surface area contributed by atoms with E-state index in [4.69, 9.17) is 16.9 Å². The van der Waals surface area contributed by atoms with E-state index in [-0.39, 0.29) is 5.78 Å². The van der Waals surface area contributed by atoms with Gasteiger partial charge in [-0.05, 0) is 43.1 Å². The van der Waals surface area contributed by atoms with Gasteiger partial charge < -0.3 is 5.32 Å². The molecule has 18 heavy (non-hydrogen) atoms. The lowest BCUT2D eigenvalue weighted by Crippen LogP contribution is -2.18. The monoisotopic (exact) mass is 264 g/mol. The maximum Gasteiger partial charge on any atom is 0.163 e. The van der Waals surface area contributed by atoms with Crippen LogP contribution >= 0.6 is 11.6 Å². The molecule has 0 bridgehead atoms. The highest BCUT2D eigenvalue weighted by atomic mass is 35.5. The smallest absolute Gasteiger partial charge is 0.163 e. The Morgan fingerprint density at radius 2 is 2.11 bits per heavy atom. The minimum atomic E-state index is 0.138. The highest BCUT2D eigenvalue weighted by molar-refractivity contribution is 6.30. The van der Waals surface area contributed by atoms with Crippen LogP contribution in [0.1, 0.15) is 30.1 Å². The van der Waals surface area contributed by atoms with Crippen molar-refractivity contribution in [2.75, 3.05) is 13.1 Å². The lowest BCUT2D eigenvalue weighted by atomic mass is 9.97. The number of ketones is 1. The Balaban J connectivity index is 2.35. The molecule has 1 unspecified atom stereocenters. The number of carbonyl (C=O) groups is 1. The van der Waals surface area contributed by atoms with Gasteiger partial charge in [0.15, 0.2) is 5.78 Å². The van der Waals surface area contributed by atoms with Gasteiger partial charge in [-0.3, -0.25) is 4.79 Å². The molecular weight excluding hydrogens is 248 g/mol. The minimum absolute atomic E-state index is 0.138. The van der Waals surface area contributed by atoms with Gasteiger partial charge in [0, 0.05) is 17.0 Å². The number of carbonyl (C=O) groups excluding carboxylic acids is 1. The number of rotatable bonds is 7. The summed E-state index contributed by atoms with van der Waals surface area (Å²) in [7, 11) is 0. The van der Waals surface area contributed by atoms with E-state index >= 15 is 0 Å². The Hall–Kier alpha value is -1.37. The molecule has 0 amide bonds. The number of nitrogens with zero attached hydrogens (tertiary/aromatic N) is 1. The average molecular weight is 265 g/mol. The molecule has 0 heterocycles. The standard InChI is InChI=1S/C14H17ClN2O/c1-11(6-8-17-9-7-16)10-14(18)12-2-4-13(15)5-3-12/h2-5,11,17H,6,8-10H2,1H3. The van der Waals surface area contributed by atoms with Crippen molar-refractivity contribution < 1.29 is 4.79 Å². The highest BCUT2D eigenvalue weighted by Gasteiger charge is 2.10. The van der Waals surface area contributed by atoms with E-state index in [2.05, 4.69) is 5.32 Å². The molecule has 3 nitrogen and oxygen atoms in total. The third-order valence-corrected chi connectivity index (χ3v) is 2.97. The van der Waals surface area contributed by atoms with Crippen molar-refractivity contribution in [3.8, 4) is 6.07 Å². The number of hydrogen-bond acceptors (Lipinski definition) is 3. The number of hydrogen-bond donors (Lipinski definition) is 1. The first-order valence-electron chi connectivity index (χ1n) is 6.00. The zero-order valence-electron chi connectivity index (χ0n) is 10.4. The Bertz CT molecular complexity index is 422. The Kier molecular flexibility index (Phi) is 6.42. The van der Waals surface area contributed by atoms with Gasteiger partial charge in [-0.1, -0.05) is 18.5 Å². The third kappa shape index (κ3) is 5.31. The normalized spacial score (nSPS) is 11.8. The third-order valence-electron chi connectivity index (χ3n) is 2.72. The Labute approximate surface area is 113 Å². The van der Waals surface area contributed by atoms with E-state index in [1.54, 1.807) is 24.3 Å². The van der Waals surface area contributed by atoms with Gasteiger partial charge in [0.25, 0.3) is 0 Å². The van der Waals surface area contributed by atoms with Crippen LogP contribution in [0.15, 0.2) is 24.3 Å². The van der Waals surface area contributed by atoms with Gasteiger partial charge in [0.1, 0.15) is 0 Å². The van der Waals surface area contributed by atoms with Crippen molar-refractivity contribution in [1.82, 2.24) is 5.32 Å². The molecule has 1 aromatic rings. The average Bonchev–Trinajstić information content (AvgIpc) is 2.35. The molecule has 1 N–H and O–H groups in total. The van der Waals surface area contributed by atoms with Crippen molar-refractivity contribution in [1.29, 1.82) is 5.26 Å². The molecule has 0 aliphatic rings. The Morgan fingerprint density at radius 3 is 2.72 bits per heavy atom. The number of Topliss-reactive ketones (excluding diaryl/α,β-unsaturated/α-hetero) is 1. The molecule has 0 saturated carbocycles. The van der Waals surface area contributed by atoms with E-state index in [1.807, 2.05) is 13.0 Å². The fraction of sp³-hybridized carbons (Fsp3) is 0.429. The zero-order valence-corrected chi connectivity index (χ0v) is 11.2. The van der Waals surface area contributed by atoms with Crippen LogP contribution in [0.25, 0.3) is 0 Å². The van der Waals surface area contributed by atoms with Crippen LogP contribution in [-0.4, -0.2) is 18.9 Å². The molecule has 1 aromatic carbocycles. The summed E-state index contributed by atoms with van der Waals surface area (Å²) in [6.45, 7) is 3.17. The summed E-state index contributed by atoms with van der Waals surface area (Å²) in [4.78, 5) is 11.9. The molecule has 0 saturated heterocycles. The summed E-state index contributed by atoms with van der Waals surface area (Å²) in [5.74, 6) is 0.443. The number of nitrogens with one attached hydrogen (secondary N) is 1. The maximum atomic E-state index is 11.9. The largest absolute Gasteiger partial charge is 0.304 e. The predicted molar refractivity (Wildman–Crippen MR) is 72.7 cm³/mol. The summed E-state index contributed by atoms with van der Waals surface area (Å²) >= 11 is 5.77. The van der Waals surface area contributed by atoms with Crippen LogP contribution < -0.4 is 5.32 Å². The second-order valence-electron chi connectivity index (χ2n) is 4.36. The number of nitriles is 1. The molecule has 1 atom stereocenters. The number of benzene rings is 1. The van der Waals surface area contributed by atoms with Crippen LogP contribution in [0.4, 0.5) is 0 Å². The maximum absolute atomic E-state index is 11.9. The van der Waals surface area contributed by atoms with Crippen molar-refractivity contribution in [3.63, 3.8) is 0 Å². The number of halogens is 1. The summed E-state index contributed by atoms with van der Waals surface area (Å²) in [6, 6.07) is 8.99. The van der Waals surface area contributed by atoms with Crippen LogP contribution in [0.3, 0.4) is 0 Å². The minimum Gasteiger partial charge on any atom is -0.304 e. The summed E-state index contributed by atoms with van der Waals surface area (Å²) < 4.78 is 0. The van der Waals surface area contributed by atoms with E-state index < -0.39 is 0 Å². The first-order valence-corrected chi connectivity index (χ1v) is 6.37. The fourth-order valence-electron chi connectivity index (χ4n) is 1.66. The molecule has 0 aliphatic carbocycles. The van der Waals surface area contributed by atoms with Crippen LogP contribution in [0.5, 0.6) is 0 Å². The van der Waals surface area contributed by atoms with Gasteiger partial charge in [-0.25, -0.2) is 0 Å². The lowest BCUT2D eigenvalue weighted by Gasteiger charge is -2.10. The first kappa shape index (κ1) is 14.7. The highest BCUT2D eigenvalue weighted by Crippen LogP contribution is 2.15. The van der Waals surface area contributed by atoms with Crippen molar-refractivity contribution in [3.05, 3.63) is 34.9 Å². The van der Waals surface area contributed by atoms with Gasteiger partial charge in [0.2, 0.25) is 0 Å². The first-order chi connectivity index (χ1) is 8.63. The van der Waals surface area contributed by atoms with Gasteiger partial charge >= 0.3 is 0 Å². The molecule has 1 rings (SSSR count). The van der Waals surface area contributed by atoms with Crippen LogP contribution in [-0.2, 0) is 0 Å². The molecule has 0 aromatic heterocycles. The summed E-state index contributed by atoms with van der Waals surface area (Å²) in [5, 5.41) is 12.0. The van der Waals surface area contributed by atoms with Gasteiger partial charge in [-0.2, -0.15) is 5.26 Å². The lowest BCUT2D eigenvalue weighted by molar-refractivity contribution is 0.0963. The molecular formula is C14H17ClN2O. The van der Waals surface area contributed by atoms with E-state index in [0.717, 1.165) is 13.0 Å². The summed E-state index contributed by atoms with van der Waals surface area (Å²) in [6.07, 6.45) is 1.41. The van der Waals surface area contributed by atoms with Crippen molar-refractivity contribution >= 4 is 17.4 Å². The molecule has 4 heteroatoms. The second-order valence-corrected chi connectivity index (χ2v) is 4.80. The van der Waals surface area contributed by atoms with E-state index in [1.165, 1.54) is 0 Å². The van der Waals surface area contributed by atoms with E-state index in [9.17, 15) is 4.79 Å².